The van der Waals surface area contributed by atoms with Crippen LogP contribution in [-0.4, -0.2) is 34.9 Å². The maximum atomic E-state index is 5.13. The van der Waals surface area contributed by atoms with Crippen molar-refractivity contribution >= 4 is 10.8 Å². The first-order chi connectivity index (χ1) is 31.7. The van der Waals surface area contributed by atoms with Gasteiger partial charge in [-0.05, 0) is 51.2 Å². The number of hydrogen-bond donors (Lipinski definition) is 0. The lowest BCUT2D eigenvalue weighted by atomic mass is 9.87. The molecular weight excluding hydrogens is 783 g/mol. The van der Waals surface area contributed by atoms with Crippen molar-refractivity contribution in [2.45, 2.75) is 0 Å². The molecule has 11 rings (SSSR count). The molecule has 3 heterocycles. The van der Waals surface area contributed by atoms with Gasteiger partial charge in [0.05, 0.1) is 5.69 Å². The zero-order valence-electron chi connectivity index (χ0n) is 34.5. The van der Waals surface area contributed by atoms with Crippen LogP contribution in [0.15, 0.2) is 225 Å². The van der Waals surface area contributed by atoms with Gasteiger partial charge in [-0.15, -0.1) is 0 Å². The van der Waals surface area contributed by atoms with Crippen molar-refractivity contribution in [3.63, 3.8) is 0 Å². The van der Waals surface area contributed by atoms with Gasteiger partial charge in [-0.2, -0.15) is 0 Å². The number of rotatable bonds is 9. The molecule has 0 amide bonds. The zero-order valence-corrected chi connectivity index (χ0v) is 34.5. The monoisotopic (exact) mass is 819 g/mol. The van der Waals surface area contributed by atoms with Gasteiger partial charge in [-0.25, -0.2) is 29.9 Å². The first-order valence-corrected chi connectivity index (χ1v) is 21.1. The fourth-order valence-electron chi connectivity index (χ4n) is 8.13. The molecular formula is C57H37N7. The molecule has 300 valence electrons. The van der Waals surface area contributed by atoms with Crippen LogP contribution in [0, 0.1) is 0 Å². The summed E-state index contributed by atoms with van der Waals surface area (Å²) in [5, 5.41) is 2.29. The van der Waals surface area contributed by atoms with Gasteiger partial charge in [0.25, 0.3) is 0 Å². The SMILES string of the molecule is c1ccc(-c2nc(-c3ccc(-c4c(-c5ccccn5)cccc4-c4ccccc4-c4nc(-c5ccccc5)nc(-c5ccccc5)n4)cc3)nc(-c3ccc4ccccc4c3)n2)cc1. The molecule has 0 aliphatic carbocycles. The second-order valence-electron chi connectivity index (χ2n) is 15.3. The summed E-state index contributed by atoms with van der Waals surface area (Å²) in [4.78, 5) is 35.2. The Morgan fingerprint density at radius 3 is 1.23 bits per heavy atom. The molecule has 0 radical (unpaired) electrons. The van der Waals surface area contributed by atoms with Crippen molar-refractivity contribution in [1.82, 2.24) is 34.9 Å². The molecule has 0 fully saturated rings. The Labute approximate surface area is 370 Å². The summed E-state index contributed by atoms with van der Waals surface area (Å²) in [5.74, 6) is 3.61. The first kappa shape index (κ1) is 38.1. The van der Waals surface area contributed by atoms with E-state index in [9.17, 15) is 0 Å². The molecule has 0 saturated heterocycles. The molecule has 7 heteroatoms. The lowest BCUT2D eigenvalue weighted by Crippen LogP contribution is -2.01. The molecule has 0 unspecified atom stereocenters. The fraction of sp³-hybridized carbons (Fsp3) is 0. The second kappa shape index (κ2) is 16.9. The average molecular weight is 820 g/mol. The highest BCUT2D eigenvalue weighted by molar-refractivity contribution is 5.97. The molecule has 0 bridgehead atoms. The summed E-state index contributed by atoms with van der Waals surface area (Å²) in [7, 11) is 0. The van der Waals surface area contributed by atoms with Crippen molar-refractivity contribution in [2.24, 2.45) is 0 Å². The van der Waals surface area contributed by atoms with Gasteiger partial charge in [-0.1, -0.05) is 200 Å². The molecule has 0 aliphatic rings. The van der Waals surface area contributed by atoms with Gasteiger partial charge in [0.2, 0.25) is 0 Å². The number of aromatic nitrogens is 7. The normalized spacial score (nSPS) is 11.1. The van der Waals surface area contributed by atoms with E-state index < -0.39 is 0 Å². The number of hydrogen-bond acceptors (Lipinski definition) is 7. The topological polar surface area (TPSA) is 90.2 Å². The van der Waals surface area contributed by atoms with Gasteiger partial charge in [0.15, 0.2) is 34.9 Å². The third kappa shape index (κ3) is 7.59. The molecule has 64 heavy (non-hydrogen) atoms. The minimum Gasteiger partial charge on any atom is -0.256 e. The number of fused-ring (bicyclic) bond motifs is 1. The molecule has 0 N–H and O–H groups in total. The highest BCUT2D eigenvalue weighted by atomic mass is 15.0. The van der Waals surface area contributed by atoms with E-state index in [0.29, 0.717) is 34.9 Å². The van der Waals surface area contributed by atoms with Crippen LogP contribution in [0.3, 0.4) is 0 Å². The molecule has 8 aromatic carbocycles. The maximum Gasteiger partial charge on any atom is 0.164 e. The molecule has 3 aromatic heterocycles. The summed E-state index contributed by atoms with van der Waals surface area (Å²) in [6.07, 6.45) is 1.84. The Hall–Kier alpha value is -8.81. The Morgan fingerprint density at radius 1 is 0.234 bits per heavy atom. The average Bonchev–Trinajstić information content (AvgIpc) is 3.39. The van der Waals surface area contributed by atoms with Crippen molar-refractivity contribution in [1.29, 1.82) is 0 Å². The molecule has 0 spiro atoms. The molecule has 0 saturated carbocycles. The quantitative estimate of drug-likeness (QED) is 0.143. The van der Waals surface area contributed by atoms with E-state index >= 15 is 0 Å². The van der Waals surface area contributed by atoms with Gasteiger partial charge >= 0.3 is 0 Å². The minimum atomic E-state index is 0.583. The summed E-state index contributed by atoms with van der Waals surface area (Å²) >= 11 is 0. The molecule has 11 aromatic rings. The van der Waals surface area contributed by atoms with E-state index in [1.807, 2.05) is 121 Å². The van der Waals surface area contributed by atoms with Crippen molar-refractivity contribution in [2.75, 3.05) is 0 Å². The van der Waals surface area contributed by atoms with Crippen LogP contribution in [0.2, 0.25) is 0 Å². The van der Waals surface area contributed by atoms with E-state index in [1.54, 1.807) is 0 Å². The fourth-order valence-corrected chi connectivity index (χ4v) is 8.13. The van der Waals surface area contributed by atoms with Crippen molar-refractivity contribution in [3.8, 4) is 102 Å². The maximum absolute atomic E-state index is 5.13. The highest BCUT2D eigenvalue weighted by Gasteiger charge is 2.21. The van der Waals surface area contributed by atoms with E-state index in [1.165, 1.54) is 0 Å². The van der Waals surface area contributed by atoms with Crippen LogP contribution in [-0.2, 0) is 0 Å². The highest BCUT2D eigenvalue weighted by Crippen LogP contribution is 2.43. The van der Waals surface area contributed by atoms with Crippen LogP contribution in [0.1, 0.15) is 0 Å². The summed E-state index contributed by atoms with van der Waals surface area (Å²) in [5.41, 5.74) is 11.3. The first-order valence-electron chi connectivity index (χ1n) is 21.1. The number of pyridine rings is 1. The second-order valence-corrected chi connectivity index (χ2v) is 15.3. The van der Waals surface area contributed by atoms with E-state index in [-0.39, 0.29) is 0 Å². The molecule has 0 atom stereocenters. The summed E-state index contributed by atoms with van der Waals surface area (Å²) < 4.78 is 0. The van der Waals surface area contributed by atoms with Crippen LogP contribution in [0.4, 0.5) is 0 Å². The predicted octanol–water partition coefficient (Wildman–Crippen LogP) is 13.6. The van der Waals surface area contributed by atoms with Crippen LogP contribution >= 0.6 is 0 Å². The van der Waals surface area contributed by atoms with Gasteiger partial charge in [0.1, 0.15) is 0 Å². The Bertz CT molecular complexity index is 3360. The van der Waals surface area contributed by atoms with Gasteiger partial charge in [0, 0.05) is 45.1 Å². The summed E-state index contributed by atoms with van der Waals surface area (Å²) in [6.45, 7) is 0. The molecule has 7 nitrogen and oxygen atoms in total. The van der Waals surface area contributed by atoms with Gasteiger partial charge < -0.3 is 0 Å². The van der Waals surface area contributed by atoms with Gasteiger partial charge in [-0.3, -0.25) is 4.98 Å². The van der Waals surface area contributed by atoms with Crippen LogP contribution in [0.5, 0.6) is 0 Å². The Kier molecular flexibility index (Phi) is 10.1. The summed E-state index contributed by atoms with van der Waals surface area (Å²) in [6, 6.07) is 74.1. The van der Waals surface area contributed by atoms with Crippen molar-refractivity contribution in [3.05, 3.63) is 225 Å². The third-order valence-electron chi connectivity index (χ3n) is 11.3. The Morgan fingerprint density at radius 2 is 0.656 bits per heavy atom. The number of nitrogens with zero attached hydrogens (tertiary/aromatic N) is 7. The third-order valence-corrected chi connectivity index (χ3v) is 11.3. The van der Waals surface area contributed by atoms with Crippen molar-refractivity contribution < 1.29 is 0 Å². The van der Waals surface area contributed by atoms with Crippen LogP contribution in [0.25, 0.3) is 113 Å². The van der Waals surface area contributed by atoms with Crippen LogP contribution < -0.4 is 0 Å². The van der Waals surface area contributed by atoms with E-state index in [2.05, 4.69) is 103 Å². The van der Waals surface area contributed by atoms with E-state index in [0.717, 1.165) is 77.7 Å². The Balaban J connectivity index is 1.06. The lowest BCUT2D eigenvalue weighted by molar-refractivity contribution is 1.07. The number of benzene rings is 8. The largest absolute Gasteiger partial charge is 0.256 e. The minimum absolute atomic E-state index is 0.583. The zero-order chi connectivity index (χ0) is 42.7. The van der Waals surface area contributed by atoms with E-state index in [4.69, 9.17) is 34.9 Å². The molecule has 0 aliphatic heterocycles. The lowest BCUT2D eigenvalue weighted by Gasteiger charge is -2.18. The smallest absolute Gasteiger partial charge is 0.164 e. The standard InChI is InChI=1S/C57H37N7/c1-4-18-40(19-5-1)52-59-55(62-56(61-52)45-35-30-38-17-10-11-24-44(38)37-45)43-33-31-39(32-34-43)51-47(27-16-28-49(51)50-29-14-15-36-58-50)46-25-12-13-26-48(46)57-63-53(41-20-6-2-7-21-41)60-54(64-57)42-22-8-3-9-23-42/h1-37H. The predicted molar refractivity (Wildman–Crippen MR) is 257 cm³/mol.